The second kappa shape index (κ2) is 10.2. The number of carboxylic acid groups (broad SMARTS) is 1. The molecule has 4 rings (SSSR count). The molecule has 36 heavy (non-hydrogen) atoms. The normalized spacial score (nSPS) is 13.4. The van der Waals surface area contributed by atoms with E-state index >= 15 is 0 Å². The van der Waals surface area contributed by atoms with Gasteiger partial charge in [-0.3, -0.25) is 4.31 Å². The van der Waals surface area contributed by atoms with Crippen LogP contribution in [0.5, 0.6) is 5.75 Å². The summed E-state index contributed by atoms with van der Waals surface area (Å²) in [6, 6.07) is 12.3. The summed E-state index contributed by atoms with van der Waals surface area (Å²) in [5.74, 6) is 0.0313. The van der Waals surface area contributed by atoms with E-state index in [1.54, 1.807) is 19.1 Å². The molecule has 3 aromatic rings. The van der Waals surface area contributed by atoms with E-state index in [2.05, 4.69) is 0 Å². The maximum Gasteiger partial charge on any atom is 0.328 e. The van der Waals surface area contributed by atoms with Gasteiger partial charge in [0.25, 0.3) is 10.0 Å². The van der Waals surface area contributed by atoms with Gasteiger partial charge in [-0.15, -0.1) is 0 Å². The fourth-order valence-electron chi connectivity index (χ4n) is 4.52. The number of nitrogens with zero attached hydrogens (tertiary/aromatic N) is 1. The predicted octanol–water partition coefficient (Wildman–Crippen LogP) is 5.67. The number of hydrogen-bond donors (Lipinski definition) is 1. The SMILES string of the molecule is Cc1ccc(S(=O)(=O)N(c2cc3c(cc2OCc2ccc(/C=C/C(=O)O)cc2C)CCC3)C(C)C)o1. The van der Waals surface area contributed by atoms with Crippen LogP contribution < -0.4 is 9.04 Å². The van der Waals surface area contributed by atoms with Crippen LogP contribution in [0.2, 0.25) is 0 Å². The van der Waals surface area contributed by atoms with Gasteiger partial charge in [0.1, 0.15) is 18.1 Å². The Kier molecular flexibility index (Phi) is 7.26. The van der Waals surface area contributed by atoms with E-state index < -0.39 is 16.0 Å². The van der Waals surface area contributed by atoms with Crippen molar-refractivity contribution in [2.45, 2.75) is 64.7 Å². The highest BCUT2D eigenvalue weighted by atomic mass is 32.2. The van der Waals surface area contributed by atoms with Crippen LogP contribution in [0.4, 0.5) is 5.69 Å². The van der Waals surface area contributed by atoms with Crippen molar-refractivity contribution in [2.75, 3.05) is 4.31 Å². The lowest BCUT2D eigenvalue weighted by Gasteiger charge is -2.29. The molecule has 0 aliphatic heterocycles. The molecule has 1 aromatic heterocycles. The van der Waals surface area contributed by atoms with Gasteiger partial charge in [0.05, 0.1) is 5.69 Å². The Balaban J connectivity index is 1.70. The Hall–Kier alpha value is -3.52. The van der Waals surface area contributed by atoms with Crippen LogP contribution in [0.25, 0.3) is 6.08 Å². The zero-order valence-electron chi connectivity index (χ0n) is 20.9. The van der Waals surface area contributed by atoms with Gasteiger partial charge in [0.15, 0.2) is 0 Å². The van der Waals surface area contributed by atoms with Crippen molar-refractivity contribution in [3.05, 3.63) is 82.1 Å². The monoisotopic (exact) mass is 509 g/mol. The summed E-state index contributed by atoms with van der Waals surface area (Å²) in [6.45, 7) is 7.56. The molecule has 0 fully saturated rings. The van der Waals surface area contributed by atoms with Crippen molar-refractivity contribution in [1.82, 2.24) is 0 Å². The fourth-order valence-corrected chi connectivity index (χ4v) is 6.14. The van der Waals surface area contributed by atoms with E-state index in [-0.39, 0.29) is 17.7 Å². The van der Waals surface area contributed by atoms with E-state index in [9.17, 15) is 13.2 Å². The van der Waals surface area contributed by atoms with Crippen molar-refractivity contribution >= 4 is 27.8 Å². The van der Waals surface area contributed by atoms with Crippen LogP contribution in [-0.4, -0.2) is 25.5 Å². The molecule has 0 bridgehead atoms. The van der Waals surface area contributed by atoms with Crippen LogP contribution in [0.15, 0.2) is 58.1 Å². The molecule has 0 unspecified atom stereocenters. The van der Waals surface area contributed by atoms with Gasteiger partial charge in [0, 0.05) is 12.1 Å². The van der Waals surface area contributed by atoms with Gasteiger partial charge in [0.2, 0.25) is 5.09 Å². The lowest BCUT2D eigenvalue weighted by atomic mass is 10.0. The lowest BCUT2D eigenvalue weighted by molar-refractivity contribution is -0.131. The molecule has 0 radical (unpaired) electrons. The number of furan rings is 1. The maximum atomic E-state index is 13.6. The molecule has 0 saturated carbocycles. The maximum absolute atomic E-state index is 13.6. The lowest BCUT2D eigenvalue weighted by Crippen LogP contribution is -2.37. The molecule has 0 atom stereocenters. The van der Waals surface area contributed by atoms with Crippen LogP contribution in [0, 0.1) is 13.8 Å². The average Bonchev–Trinajstić information content (AvgIpc) is 3.45. The first-order chi connectivity index (χ1) is 17.1. The standard InChI is InChI=1S/C28H31NO6S/c1-18(2)29(36(32,33)28-13-8-20(4)35-28)25-15-22-6-5-7-23(22)16-26(25)34-17-24-11-9-21(14-19(24)3)10-12-27(30)31/h8-16,18H,5-7,17H2,1-4H3,(H,30,31)/b12-10+. The molecule has 0 spiro atoms. The topological polar surface area (TPSA) is 97.0 Å². The third kappa shape index (κ3) is 5.33. The van der Waals surface area contributed by atoms with Gasteiger partial charge in [-0.05, 0) is 105 Å². The smallest absolute Gasteiger partial charge is 0.328 e. The molecule has 1 heterocycles. The molecule has 7 nitrogen and oxygen atoms in total. The van der Waals surface area contributed by atoms with Gasteiger partial charge in [-0.25, -0.2) is 4.79 Å². The van der Waals surface area contributed by atoms with Crippen molar-refractivity contribution in [1.29, 1.82) is 0 Å². The Labute approximate surface area is 212 Å². The Morgan fingerprint density at radius 3 is 2.44 bits per heavy atom. The number of rotatable bonds is 9. The summed E-state index contributed by atoms with van der Waals surface area (Å²) in [5, 5.41) is 8.76. The number of aliphatic carboxylic acids is 1. The summed E-state index contributed by atoms with van der Waals surface area (Å²) in [6.07, 6.45) is 5.50. The number of anilines is 1. The third-order valence-electron chi connectivity index (χ3n) is 6.28. The van der Waals surface area contributed by atoms with Gasteiger partial charge in [-0.2, -0.15) is 8.42 Å². The second-order valence-corrected chi connectivity index (χ2v) is 11.1. The quantitative estimate of drug-likeness (QED) is 0.374. The molecule has 1 aliphatic rings. The molecular weight excluding hydrogens is 478 g/mol. The Bertz CT molecular complexity index is 1420. The zero-order chi connectivity index (χ0) is 26.0. The highest BCUT2D eigenvalue weighted by Crippen LogP contribution is 2.40. The molecular formula is C28H31NO6S. The molecule has 0 saturated heterocycles. The average molecular weight is 510 g/mol. The molecule has 1 N–H and O–H groups in total. The van der Waals surface area contributed by atoms with E-state index in [1.807, 2.05) is 51.1 Å². The number of sulfonamides is 1. The Morgan fingerprint density at radius 1 is 1.11 bits per heavy atom. The summed E-state index contributed by atoms with van der Waals surface area (Å²) in [4.78, 5) is 10.8. The van der Waals surface area contributed by atoms with E-state index in [0.717, 1.165) is 47.6 Å². The number of hydrogen-bond acceptors (Lipinski definition) is 5. The number of benzene rings is 2. The summed E-state index contributed by atoms with van der Waals surface area (Å²) < 4.78 is 40.5. The van der Waals surface area contributed by atoms with Crippen LogP contribution in [0.3, 0.4) is 0 Å². The number of fused-ring (bicyclic) bond motifs is 1. The molecule has 2 aromatic carbocycles. The van der Waals surface area contributed by atoms with Crippen molar-refractivity contribution in [2.24, 2.45) is 0 Å². The predicted molar refractivity (Wildman–Crippen MR) is 139 cm³/mol. The number of carboxylic acids is 1. The van der Waals surface area contributed by atoms with Gasteiger partial charge >= 0.3 is 5.97 Å². The first-order valence-electron chi connectivity index (χ1n) is 12.0. The largest absolute Gasteiger partial charge is 0.487 e. The molecule has 0 amide bonds. The van der Waals surface area contributed by atoms with Crippen molar-refractivity contribution in [3.63, 3.8) is 0 Å². The van der Waals surface area contributed by atoms with Crippen LogP contribution in [-0.2, 0) is 34.3 Å². The summed E-state index contributed by atoms with van der Waals surface area (Å²) >= 11 is 0. The van der Waals surface area contributed by atoms with Crippen LogP contribution in [0.1, 0.15) is 53.8 Å². The van der Waals surface area contributed by atoms with E-state index in [0.29, 0.717) is 17.2 Å². The minimum Gasteiger partial charge on any atom is -0.487 e. The van der Waals surface area contributed by atoms with Crippen molar-refractivity contribution in [3.8, 4) is 5.75 Å². The highest BCUT2D eigenvalue weighted by Gasteiger charge is 2.33. The van der Waals surface area contributed by atoms with E-state index in [4.69, 9.17) is 14.3 Å². The summed E-state index contributed by atoms with van der Waals surface area (Å²) in [5.41, 5.74) is 5.47. The highest BCUT2D eigenvalue weighted by molar-refractivity contribution is 7.92. The van der Waals surface area contributed by atoms with Crippen LogP contribution >= 0.6 is 0 Å². The first kappa shape index (κ1) is 25.6. The Morgan fingerprint density at radius 2 is 1.83 bits per heavy atom. The first-order valence-corrected chi connectivity index (χ1v) is 13.4. The molecule has 8 heteroatoms. The minimum absolute atomic E-state index is 0.0963. The van der Waals surface area contributed by atoms with Gasteiger partial charge in [-0.1, -0.05) is 18.2 Å². The van der Waals surface area contributed by atoms with Crippen molar-refractivity contribution < 1.29 is 27.5 Å². The molecule has 190 valence electrons. The molecule has 1 aliphatic carbocycles. The minimum atomic E-state index is -3.95. The second-order valence-electron chi connectivity index (χ2n) is 9.35. The number of carbonyl (C=O) groups is 1. The third-order valence-corrected chi connectivity index (χ3v) is 8.14. The number of ether oxygens (including phenoxy) is 1. The fraction of sp³-hybridized carbons (Fsp3) is 0.321. The van der Waals surface area contributed by atoms with E-state index in [1.165, 1.54) is 15.9 Å². The number of aryl methyl sites for hydroxylation is 4. The zero-order valence-corrected chi connectivity index (χ0v) is 21.8. The summed E-state index contributed by atoms with van der Waals surface area (Å²) in [7, 11) is -3.95. The van der Waals surface area contributed by atoms with Gasteiger partial charge < -0.3 is 14.3 Å².